The molecule has 2 N–H and O–H groups in total. The smallest absolute Gasteiger partial charge is 0.246 e. The molecule has 1 heterocycles. The van der Waals surface area contributed by atoms with E-state index in [2.05, 4.69) is 10.6 Å². The minimum absolute atomic E-state index is 0.00947. The maximum Gasteiger partial charge on any atom is 0.246 e. The van der Waals surface area contributed by atoms with Crippen LogP contribution in [0.15, 0.2) is 0 Å². The van der Waals surface area contributed by atoms with Crippen LogP contribution in [0.2, 0.25) is 0 Å². The van der Waals surface area contributed by atoms with Crippen LogP contribution in [0.4, 0.5) is 0 Å². The standard InChI is InChI=1S/C9H16N2O3/c1-2-3-14-6-9(13)11-7-4-8(12)10-5-7/h7H,2-6H2,1H3,(H,10,12)(H,11,13). The number of nitrogens with one attached hydrogen (secondary N) is 2. The van der Waals surface area contributed by atoms with Crippen LogP contribution < -0.4 is 10.6 Å². The average Bonchev–Trinajstić information content (AvgIpc) is 2.52. The quantitative estimate of drug-likeness (QED) is 0.583. The third-order valence-corrected chi connectivity index (χ3v) is 1.92. The third-order valence-electron chi connectivity index (χ3n) is 1.92. The maximum atomic E-state index is 11.2. The average molecular weight is 200 g/mol. The predicted octanol–water partition coefficient (Wildman–Crippen LogP) is -0.582. The van der Waals surface area contributed by atoms with Crippen LogP contribution in [0.25, 0.3) is 0 Å². The van der Waals surface area contributed by atoms with Crippen molar-refractivity contribution in [2.24, 2.45) is 0 Å². The summed E-state index contributed by atoms with van der Waals surface area (Å²) in [5, 5.41) is 5.37. The molecule has 2 amide bonds. The summed E-state index contributed by atoms with van der Waals surface area (Å²) < 4.78 is 5.06. The van der Waals surface area contributed by atoms with Crippen molar-refractivity contribution in [3.05, 3.63) is 0 Å². The first kappa shape index (κ1) is 11.0. The Bertz CT molecular complexity index is 218. The third kappa shape index (κ3) is 3.74. The van der Waals surface area contributed by atoms with Gasteiger partial charge in [0, 0.05) is 19.6 Å². The lowest BCUT2D eigenvalue weighted by Crippen LogP contribution is -2.38. The van der Waals surface area contributed by atoms with E-state index in [0.717, 1.165) is 6.42 Å². The zero-order valence-corrected chi connectivity index (χ0v) is 8.34. The highest BCUT2D eigenvalue weighted by molar-refractivity contribution is 5.82. The zero-order chi connectivity index (χ0) is 10.4. The van der Waals surface area contributed by atoms with Gasteiger partial charge in [-0.15, -0.1) is 0 Å². The van der Waals surface area contributed by atoms with Crippen molar-refractivity contribution in [1.82, 2.24) is 10.6 Å². The van der Waals surface area contributed by atoms with Gasteiger partial charge in [-0.1, -0.05) is 6.92 Å². The molecule has 80 valence electrons. The predicted molar refractivity (Wildman–Crippen MR) is 50.7 cm³/mol. The summed E-state index contributed by atoms with van der Waals surface area (Å²) in [6.45, 7) is 3.18. The highest BCUT2D eigenvalue weighted by atomic mass is 16.5. The summed E-state index contributed by atoms with van der Waals surface area (Å²) in [5.41, 5.74) is 0. The summed E-state index contributed by atoms with van der Waals surface area (Å²) in [5.74, 6) is -0.162. The Morgan fingerprint density at radius 3 is 3.07 bits per heavy atom. The lowest BCUT2D eigenvalue weighted by Gasteiger charge is -2.09. The van der Waals surface area contributed by atoms with Crippen LogP contribution in [0.5, 0.6) is 0 Å². The monoisotopic (exact) mass is 200 g/mol. The summed E-state index contributed by atoms with van der Waals surface area (Å²) in [7, 11) is 0. The van der Waals surface area contributed by atoms with Crippen LogP contribution in [-0.2, 0) is 14.3 Å². The van der Waals surface area contributed by atoms with Crippen LogP contribution in [0.1, 0.15) is 19.8 Å². The molecular weight excluding hydrogens is 184 g/mol. The minimum Gasteiger partial charge on any atom is -0.372 e. The molecule has 5 heteroatoms. The Balaban J connectivity index is 2.11. The first-order chi connectivity index (χ1) is 6.72. The number of carbonyl (C=O) groups excluding carboxylic acids is 2. The van der Waals surface area contributed by atoms with E-state index in [4.69, 9.17) is 4.74 Å². The Morgan fingerprint density at radius 1 is 1.71 bits per heavy atom. The first-order valence-electron chi connectivity index (χ1n) is 4.86. The lowest BCUT2D eigenvalue weighted by molar-refractivity contribution is -0.126. The highest BCUT2D eigenvalue weighted by Gasteiger charge is 2.22. The van der Waals surface area contributed by atoms with E-state index < -0.39 is 0 Å². The Kier molecular flexibility index (Phi) is 4.39. The fraction of sp³-hybridized carbons (Fsp3) is 0.778. The van der Waals surface area contributed by atoms with Gasteiger partial charge >= 0.3 is 0 Å². The van der Waals surface area contributed by atoms with Crippen molar-refractivity contribution >= 4 is 11.8 Å². The Hall–Kier alpha value is -1.10. The van der Waals surface area contributed by atoms with Crippen molar-refractivity contribution in [2.75, 3.05) is 19.8 Å². The van der Waals surface area contributed by atoms with Crippen molar-refractivity contribution < 1.29 is 14.3 Å². The molecule has 0 radical (unpaired) electrons. The maximum absolute atomic E-state index is 11.2. The van der Waals surface area contributed by atoms with E-state index in [0.29, 0.717) is 19.6 Å². The van der Waals surface area contributed by atoms with Crippen LogP contribution in [-0.4, -0.2) is 37.6 Å². The second kappa shape index (κ2) is 5.59. The molecule has 5 nitrogen and oxygen atoms in total. The SMILES string of the molecule is CCCOCC(=O)NC1CNC(=O)C1. The molecule has 0 aromatic rings. The fourth-order valence-corrected chi connectivity index (χ4v) is 1.29. The summed E-state index contributed by atoms with van der Waals surface area (Å²) in [4.78, 5) is 22.0. The molecule has 0 aromatic carbocycles. The van der Waals surface area contributed by atoms with Crippen LogP contribution in [0.3, 0.4) is 0 Å². The molecule has 0 bridgehead atoms. The van der Waals surface area contributed by atoms with E-state index in [1.807, 2.05) is 6.92 Å². The van der Waals surface area contributed by atoms with E-state index in [-0.39, 0.29) is 24.5 Å². The second-order valence-corrected chi connectivity index (χ2v) is 3.33. The van der Waals surface area contributed by atoms with Gasteiger partial charge in [-0.3, -0.25) is 9.59 Å². The molecule has 14 heavy (non-hydrogen) atoms. The van der Waals surface area contributed by atoms with Gasteiger partial charge in [0.25, 0.3) is 0 Å². The van der Waals surface area contributed by atoms with Crippen LogP contribution >= 0.6 is 0 Å². The molecule has 1 aliphatic heterocycles. The molecule has 0 saturated carbocycles. The van der Waals surface area contributed by atoms with Gasteiger partial charge in [-0.2, -0.15) is 0 Å². The molecule has 1 atom stereocenters. The fourth-order valence-electron chi connectivity index (χ4n) is 1.29. The number of hydrogen-bond acceptors (Lipinski definition) is 3. The van der Waals surface area contributed by atoms with Gasteiger partial charge in [-0.25, -0.2) is 0 Å². The topological polar surface area (TPSA) is 67.4 Å². The number of ether oxygens (including phenoxy) is 1. The molecule has 1 unspecified atom stereocenters. The van der Waals surface area contributed by atoms with Crippen LogP contribution in [0, 0.1) is 0 Å². The second-order valence-electron chi connectivity index (χ2n) is 3.33. The number of rotatable bonds is 5. The van der Waals surface area contributed by atoms with Crippen molar-refractivity contribution in [2.45, 2.75) is 25.8 Å². The number of amides is 2. The molecular formula is C9H16N2O3. The van der Waals surface area contributed by atoms with Gasteiger partial charge in [0.1, 0.15) is 6.61 Å². The highest BCUT2D eigenvalue weighted by Crippen LogP contribution is 1.98. The van der Waals surface area contributed by atoms with Crippen molar-refractivity contribution in [1.29, 1.82) is 0 Å². The largest absolute Gasteiger partial charge is 0.372 e. The van der Waals surface area contributed by atoms with Crippen molar-refractivity contribution in [3.63, 3.8) is 0 Å². The van der Waals surface area contributed by atoms with Gasteiger partial charge in [0.05, 0.1) is 6.04 Å². The van der Waals surface area contributed by atoms with E-state index >= 15 is 0 Å². The molecule has 0 spiro atoms. The minimum atomic E-state index is -0.153. The molecule has 0 aromatic heterocycles. The van der Waals surface area contributed by atoms with Gasteiger partial charge < -0.3 is 15.4 Å². The van der Waals surface area contributed by atoms with Crippen molar-refractivity contribution in [3.8, 4) is 0 Å². The molecule has 1 saturated heterocycles. The van der Waals surface area contributed by atoms with E-state index in [1.165, 1.54) is 0 Å². The molecule has 1 fully saturated rings. The Morgan fingerprint density at radius 2 is 2.50 bits per heavy atom. The summed E-state index contributed by atoms with van der Waals surface area (Å²) >= 11 is 0. The molecule has 1 aliphatic rings. The van der Waals surface area contributed by atoms with E-state index in [9.17, 15) is 9.59 Å². The van der Waals surface area contributed by atoms with Gasteiger partial charge in [0.15, 0.2) is 0 Å². The molecule has 1 rings (SSSR count). The lowest BCUT2D eigenvalue weighted by atomic mass is 10.2. The molecule has 0 aliphatic carbocycles. The Labute approximate surface area is 83.2 Å². The number of carbonyl (C=O) groups is 2. The summed E-state index contributed by atoms with van der Waals surface area (Å²) in [6.07, 6.45) is 1.27. The summed E-state index contributed by atoms with van der Waals surface area (Å²) in [6, 6.07) is -0.0692. The van der Waals surface area contributed by atoms with Gasteiger partial charge in [0.2, 0.25) is 11.8 Å². The normalized spacial score (nSPS) is 20.6. The first-order valence-corrected chi connectivity index (χ1v) is 4.86. The van der Waals surface area contributed by atoms with Gasteiger partial charge in [-0.05, 0) is 6.42 Å². The van der Waals surface area contributed by atoms with E-state index in [1.54, 1.807) is 0 Å². The number of hydrogen-bond donors (Lipinski definition) is 2. The zero-order valence-electron chi connectivity index (χ0n) is 8.34.